The Labute approximate surface area is 133 Å². The first kappa shape index (κ1) is 17.3. The van der Waals surface area contributed by atoms with Gasteiger partial charge in [0.15, 0.2) is 0 Å². The second kappa shape index (κ2) is 6.19. The zero-order chi connectivity index (χ0) is 16.5. The zero-order valence-corrected chi connectivity index (χ0v) is 14.5. The molecular weight excluding hydrogens is 282 g/mol. The van der Waals surface area contributed by atoms with Gasteiger partial charge in [0.1, 0.15) is 11.4 Å². The maximum absolute atomic E-state index is 12.8. The number of nitrogens with zero attached hydrogens (tertiary/aromatic N) is 1. The molecule has 1 heterocycles. The van der Waals surface area contributed by atoms with Crippen LogP contribution in [0.25, 0.3) is 0 Å². The van der Waals surface area contributed by atoms with Gasteiger partial charge >= 0.3 is 6.09 Å². The van der Waals surface area contributed by atoms with Gasteiger partial charge in [0.2, 0.25) is 0 Å². The van der Waals surface area contributed by atoms with E-state index in [9.17, 15) is 9.59 Å². The van der Waals surface area contributed by atoms with E-state index in [2.05, 4.69) is 0 Å². The highest BCUT2D eigenvalue weighted by molar-refractivity contribution is 5.88. The Morgan fingerprint density at radius 2 is 2.05 bits per heavy atom. The van der Waals surface area contributed by atoms with Gasteiger partial charge in [0.25, 0.3) is 0 Å². The molecule has 0 aromatic rings. The van der Waals surface area contributed by atoms with E-state index in [-0.39, 0.29) is 29.3 Å². The highest BCUT2D eigenvalue weighted by Gasteiger charge is 2.45. The molecule has 1 aliphatic carbocycles. The molecule has 0 radical (unpaired) electrons. The second-order valence-electron chi connectivity index (χ2n) is 8.06. The molecule has 126 valence electrons. The standard InChI is InChI=1S/C17H29NO4/c1-16(2,3)22-15(20)18-9-10-21-11-13(18)12-7-6-8-17(4,5)14(12)19/h12-13H,6-11H2,1-5H3. The van der Waals surface area contributed by atoms with Gasteiger partial charge in [-0.2, -0.15) is 0 Å². The van der Waals surface area contributed by atoms with Crippen LogP contribution in [0.15, 0.2) is 0 Å². The van der Waals surface area contributed by atoms with Crippen LogP contribution in [-0.2, 0) is 14.3 Å². The van der Waals surface area contributed by atoms with E-state index >= 15 is 0 Å². The second-order valence-corrected chi connectivity index (χ2v) is 8.06. The van der Waals surface area contributed by atoms with Gasteiger partial charge in [-0.3, -0.25) is 9.69 Å². The number of Topliss-reactive ketones (excluding diaryl/α,β-unsaturated/α-hetero) is 1. The van der Waals surface area contributed by atoms with Crippen LogP contribution in [0, 0.1) is 11.3 Å². The first-order valence-electron chi connectivity index (χ1n) is 8.23. The number of carbonyl (C=O) groups excluding carboxylic acids is 2. The lowest BCUT2D eigenvalue weighted by Crippen LogP contribution is -2.57. The van der Waals surface area contributed by atoms with Gasteiger partial charge in [-0.1, -0.05) is 20.3 Å². The number of ketones is 1. The molecular formula is C17H29NO4. The molecule has 0 spiro atoms. The Morgan fingerprint density at radius 3 is 2.68 bits per heavy atom. The van der Waals surface area contributed by atoms with E-state index in [0.717, 1.165) is 19.3 Å². The highest BCUT2D eigenvalue weighted by atomic mass is 16.6. The largest absolute Gasteiger partial charge is 0.444 e. The molecule has 2 fully saturated rings. The molecule has 5 nitrogen and oxygen atoms in total. The summed E-state index contributed by atoms with van der Waals surface area (Å²) < 4.78 is 11.1. The lowest BCUT2D eigenvalue weighted by molar-refractivity contribution is -0.140. The molecule has 0 aromatic heterocycles. The third-order valence-corrected chi connectivity index (χ3v) is 4.58. The summed E-state index contributed by atoms with van der Waals surface area (Å²) in [7, 11) is 0. The van der Waals surface area contributed by atoms with E-state index in [1.807, 2.05) is 34.6 Å². The van der Waals surface area contributed by atoms with Crippen LogP contribution in [0.3, 0.4) is 0 Å². The summed E-state index contributed by atoms with van der Waals surface area (Å²) in [5, 5.41) is 0. The minimum absolute atomic E-state index is 0.142. The summed E-state index contributed by atoms with van der Waals surface area (Å²) in [6.45, 7) is 11.0. The fraction of sp³-hybridized carbons (Fsp3) is 0.882. The summed E-state index contributed by atoms with van der Waals surface area (Å²) in [6, 6.07) is -0.198. The van der Waals surface area contributed by atoms with Crippen LogP contribution < -0.4 is 0 Å². The molecule has 1 saturated heterocycles. The van der Waals surface area contributed by atoms with Crippen molar-refractivity contribution in [3.05, 3.63) is 0 Å². The number of hydrogen-bond donors (Lipinski definition) is 0. The van der Waals surface area contributed by atoms with Crippen molar-refractivity contribution in [2.45, 2.75) is 65.5 Å². The van der Waals surface area contributed by atoms with Crippen molar-refractivity contribution in [3.8, 4) is 0 Å². The van der Waals surface area contributed by atoms with Gasteiger partial charge in [0.05, 0.1) is 19.3 Å². The Morgan fingerprint density at radius 1 is 1.36 bits per heavy atom. The van der Waals surface area contributed by atoms with E-state index in [1.165, 1.54) is 0 Å². The van der Waals surface area contributed by atoms with E-state index in [4.69, 9.17) is 9.47 Å². The smallest absolute Gasteiger partial charge is 0.410 e. The fourth-order valence-electron chi connectivity index (χ4n) is 3.39. The Kier molecular flexibility index (Phi) is 4.85. The van der Waals surface area contributed by atoms with Gasteiger partial charge in [-0.25, -0.2) is 4.79 Å². The average Bonchev–Trinajstić information content (AvgIpc) is 2.40. The molecule has 0 N–H and O–H groups in total. The van der Waals surface area contributed by atoms with Crippen molar-refractivity contribution >= 4 is 11.9 Å². The van der Waals surface area contributed by atoms with Gasteiger partial charge < -0.3 is 9.47 Å². The summed E-state index contributed by atoms with van der Waals surface area (Å²) in [5.74, 6) is 0.111. The van der Waals surface area contributed by atoms with Crippen molar-refractivity contribution < 1.29 is 19.1 Å². The predicted molar refractivity (Wildman–Crippen MR) is 83.7 cm³/mol. The first-order valence-corrected chi connectivity index (χ1v) is 8.23. The molecule has 5 heteroatoms. The number of ether oxygens (including phenoxy) is 2. The third-order valence-electron chi connectivity index (χ3n) is 4.58. The maximum Gasteiger partial charge on any atom is 0.410 e. The van der Waals surface area contributed by atoms with E-state index in [0.29, 0.717) is 19.8 Å². The van der Waals surface area contributed by atoms with Crippen molar-refractivity contribution in [1.29, 1.82) is 0 Å². The number of morpholine rings is 1. The molecule has 2 aliphatic rings. The maximum atomic E-state index is 12.8. The number of amides is 1. The molecule has 0 bridgehead atoms. The summed E-state index contributed by atoms with van der Waals surface area (Å²) >= 11 is 0. The SMILES string of the molecule is CC(C)(C)OC(=O)N1CCOCC1C1CCCC(C)(C)C1=O. The molecule has 1 saturated carbocycles. The minimum atomic E-state index is -0.532. The normalized spacial score (nSPS) is 29.3. The number of carbonyl (C=O) groups is 2. The van der Waals surface area contributed by atoms with Crippen LogP contribution in [0.5, 0.6) is 0 Å². The molecule has 1 amide bonds. The molecule has 1 aliphatic heterocycles. The van der Waals surface area contributed by atoms with Crippen molar-refractivity contribution in [2.75, 3.05) is 19.8 Å². The topological polar surface area (TPSA) is 55.8 Å². The Hall–Kier alpha value is -1.10. The molecule has 2 rings (SSSR count). The quantitative estimate of drug-likeness (QED) is 0.747. The lowest BCUT2D eigenvalue weighted by Gasteiger charge is -2.44. The highest BCUT2D eigenvalue weighted by Crippen LogP contribution is 2.38. The summed E-state index contributed by atoms with van der Waals surface area (Å²) in [5.41, 5.74) is -0.838. The van der Waals surface area contributed by atoms with E-state index in [1.54, 1.807) is 4.90 Å². The molecule has 0 aromatic carbocycles. The monoisotopic (exact) mass is 311 g/mol. The van der Waals surface area contributed by atoms with E-state index < -0.39 is 5.60 Å². The molecule has 2 atom stereocenters. The van der Waals surface area contributed by atoms with Gasteiger partial charge in [0, 0.05) is 17.9 Å². The fourth-order valence-corrected chi connectivity index (χ4v) is 3.39. The van der Waals surface area contributed by atoms with Crippen LogP contribution in [0.1, 0.15) is 53.9 Å². The number of hydrogen-bond acceptors (Lipinski definition) is 4. The number of rotatable bonds is 1. The first-order chi connectivity index (χ1) is 10.1. The Bertz CT molecular complexity index is 438. The Balaban J connectivity index is 2.16. The predicted octanol–water partition coefficient (Wildman–Crippen LogP) is 3.02. The molecule has 2 unspecified atom stereocenters. The van der Waals surface area contributed by atoms with Crippen LogP contribution >= 0.6 is 0 Å². The minimum Gasteiger partial charge on any atom is -0.444 e. The zero-order valence-electron chi connectivity index (χ0n) is 14.5. The molecule has 22 heavy (non-hydrogen) atoms. The van der Waals surface area contributed by atoms with Gasteiger partial charge in [-0.15, -0.1) is 0 Å². The summed E-state index contributed by atoms with van der Waals surface area (Å²) in [4.78, 5) is 26.9. The third kappa shape index (κ3) is 3.80. The van der Waals surface area contributed by atoms with Gasteiger partial charge in [-0.05, 0) is 33.6 Å². The average molecular weight is 311 g/mol. The van der Waals surface area contributed by atoms with Crippen molar-refractivity contribution in [2.24, 2.45) is 11.3 Å². The van der Waals surface area contributed by atoms with Crippen molar-refractivity contribution in [3.63, 3.8) is 0 Å². The van der Waals surface area contributed by atoms with Crippen LogP contribution in [0.4, 0.5) is 4.79 Å². The van der Waals surface area contributed by atoms with Crippen LogP contribution in [-0.4, -0.2) is 48.2 Å². The summed E-state index contributed by atoms with van der Waals surface area (Å²) in [6.07, 6.45) is 2.43. The lowest BCUT2D eigenvalue weighted by atomic mass is 9.68. The van der Waals surface area contributed by atoms with Crippen molar-refractivity contribution in [1.82, 2.24) is 4.90 Å². The van der Waals surface area contributed by atoms with Crippen LogP contribution in [0.2, 0.25) is 0 Å².